The zero-order valence-corrected chi connectivity index (χ0v) is 17.7. The second-order valence-corrected chi connectivity index (χ2v) is 7.69. The molecule has 0 bridgehead atoms. The summed E-state index contributed by atoms with van der Waals surface area (Å²) in [4.78, 5) is 30.1. The third-order valence-corrected chi connectivity index (χ3v) is 5.02. The number of fused-ring (bicyclic) bond motifs is 1. The minimum atomic E-state index is -0.463. The number of carbonyl (C=O) groups is 2. The van der Waals surface area contributed by atoms with E-state index in [0.717, 1.165) is 5.56 Å². The molecule has 0 aliphatic rings. The predicted molar refractivity (Wildman–Crippen MR) is 120 cm³/mol. The summed E-state index contributed by atoms with van der Waals surface area (Å²) < 4.78 is 1.77. The normalized spacial score (nSPS) is 11.0. The highest BCUT2D eigenvalue weighted by atomic mass is 35.5. The monoisotopic (exact) mass is 433 g/mol. The highest BCUT2D eigenvalue weighted by Crippen LogP contribution is 2.26. The second-order valence-electron chi connectivity index (χ2n) is 7.26. The van der Waals surface area contributed by atoms with Gasteiger partial charge < -0.3 is 0 Å². The van der Waals surface area contributed by atoms with Crippen LogP contribution in [-0.4, -0.2) is 26.6 Å². The number of amides is 2. The highest BCUT2D eigenvalue weighted by Gasteiger charge is 2.19. The number of nitrogens with one attached hydrogen (secondary N) is 2. The van der Waals surface area contributed by atoms with Crippen LogP contribution in [0.4, 0.5) is 0 Å². The predicted octanol–water partition coefficient (Wildman–Crippen LogP) is 4.41. The lowest BCUT2D eigenvalue weighted by atomic mass is 10.1. The SMILES string of the molecule is CC(C)n1ncc2c(C(=O)NNC(=O)c3ccc(Cl)cc3)cc(-c3ccccc3)nc21. The molecule has 2 aromatic carbocycles. The number of hydrogen-bond acceptors (Lipinski definition) is 4. The van der Waals surface area contributed by atoms with E-state index in [0.29, 0.717) is 32.9 Å². The lowest BCUT2D eigenvalue weighted by molar-refractivity contribution is 0.0847. The molecule has 31 heavy (non-hydrogen) atoms. The Labute approximate surface area is 184 Å². The molecular weight excluding hydrogens is 414 g/mol. The Morgan fingerprint density at radius 1 is 0.968 bits per heavy atom. The van der Waals surface area contributed by atoms with Crippen LogP contribution in [0.5, 0.6) is 0 Å². The molecule has 2 amide bonds. The minimum Gasteiger partial charge on any atom is -0.267 e. The molecular formula is C23H20ClN5O2. The summed E-state index contributed by atoms with van der Waals surface area (Å²) in [6, 6.07) is 17.7. The van der Waals surface area contributed by atoms with Crippen LogP contribution < -0.4 is 10.9 Å². The highest BCUT2D eigenvalue weighted by molar-refractivity contribution is 6.30. The molecule has 0 spiro atoms. The van der Waals surface area contributed by atoms with E-state index in [-0.39, 0.29) is 6.04 Å². The maximum Gasteiger partial charge on any atom is 0.270 e. The molecule has 8 heteroatoms. The number of rotatable bonds is 4. The summed E-state index contributed by atoms with van der Waals surface area (Å²) in [7, 11) is 0. The van der Waals surface area contributed by atoms with Gasteiger partial charge in [-0.2, -0.15) is 5.10 Å². The van der Waals surface area contributed by atoms with Crippen LogP contribution >= 0.6 is 11.6 Å². The molecule has 2 heterocycles. The number of nitrogens with zero attached hydrogens (tertiary/aromatic N) is 3. The van der Waals surface area contributed by atoms with Crippen molar-refractivity contribution in [1.29, 1.82) is 0 Å². The van der Waals surface area contributed by atoms with E-state index in [2.05, 4.69) is 16.0 Å². The maximum absolute atomic E-state index is 13.0. The zero-order chi connectivity index (χ0) is 22.0. The Hall–Kier alpha value is -3.71. The molecule has 0 saturated heterocycles. The number of hydrazine groups is 1. The smallest absolute Gasteiger partial charge is 0.267 e. The second kappa shape index (κ2) is 8.57. The van der Waals surface area contributed by atoms with Gasteiger partial charge in [0.25, 0.3) is 11.8 Å². The summed E-state index contributed by atoms with van der Waals surface area (Å²) in [5, 5.41) is 5.52. The summed E-state index contributed by atoms with van der Waals surface area (Å²) in [5.41, 5.74) is 7.79. The van der Waals surface area contributed by atoms with E-state index >= 15 is 0 Å². The van der Waals surface area contributed by atoms with Crippen molar-refractivity contribution in [1.82, 2.24) is 25.6 Å². The number of benzene rings is 2. The van der Waals surface area contributed by atoms with Crippen LogP contribution in [0.15, 0.2) is 66.9 Å². The van der Waals surface area contributed by atoms with Crippen molar-refractivity contribution in [3.8, 4) is 11.3 Å². The van der Waals surface area contributed by atoms with E-state index in [1.165, 1.54) is 0 Å². The van der Waals surface area contributed by atoms with Gasteiger partial charge in [-0.15, -0.1) is 0 Å². The van der Waals surface area contributed by atoms with Gasteiger partial charge in [0.2, 0.25) is 0 Å². The fourth-order valence-corrected chi connectivity index (χ4v) is 3.32. The van der Waals surface area contributed by atoms with Crippen LogP contribution in [0.25, 0.3) is 22.3 Å². The van der Waals surface area contributed by atoms with Gasteiger partial charge in [0, 0.05) is 22.2 Å². The average Bonchev–Trinajstić information content (AvgIpc) is 3.22. The van der Waals surface area contributed by atoms with Gasteiger partial charge in [-0.3, -0.25) is 20.4 Å². The largest absolute Gasteiger partial charge is 0.270 e. The molecule has 0 unspecified atom stereocenters. The first-order chi connectivity index (χ1) is 14.9. The number of aromatic nitrogens is 3. The van der Waals surface area contributed by atoms with Gasteiger partial charge in [0.15, 0.2) is 5.65 Å². The van der Waals surface area contributed by atoms with E-state index in [4.69, 9.17) is 16.6 Å². The van der Waals surface area contributed by atoms with Gasteiger partial charge >= 0.3 is 0 Å². The van der Waals surface area contributed by atoms with Crippen LogP contribution in [0, 0.1) is 0 Å². The summed E-state index contributed by atoms with van der Waals surface area (Å²) >= 11 is 5.85. The zero-order valence-electron chi connectivity index (χ0n) is 17.0. The van der Waals surface area contributed by atoms with E-state index < -0.39 is 11.8 Å². The molecule has 0 radical (unpaired) electrons. The first-order valence-corrected chi connectivity index (χ1v) is 10.1. The fraction of sp³-hybridized carbons (Fsp3) is 0.130. The van der Waals surface area contributed by atoms with Crippen molar-refractivity contribution in [2.75, 3.05) is 0 Å². The first kappa shape index (κ1) is 20.6. The number of hydrogen-bond donors (Lipinski definition) is 2. The Bertz CT molecular complexity index is 1250. The number of carbonyl (C=O) groups excluding carboxylic acids is 2. The minimum absolute atomic E-state index is 0.0662. The van der Waals surface area contributed by atoms with Gasteiger partial charge in [-0.25, -0.2) is 9.67 Å². The maximum atomic E-state index is 13.0. The average molecular weight is 434 g/mol. The Balaban J connectivity index is 1.67. The molecule has 0 aliphatic carbocycles. The lowest BCUT2D eigenvalue weighted by Gasteiger charge is -2.12. The van der Waals surface area contributed by atoms with Crippen LogP contribution in [-0.2, 0) is 0 Å². The van der Waals surface area contributed by atoms with Crippen molar-refractivity contribution in [3.05, 3.63) is 83.0 Å². The summed E-state index contributed by atoms with van der Waals surface area (Å²) in [6.45, 7) is 3.99. The molecule has 4 aromatic rings. The standard InChI is InChI=1S/C23H20ClN5O2/c1-14(2)29-21-19(13-25-29)18(12-20(26-21)15-6-4-3-5-7-15)23(31)28-27-22(30)16-8-10-17(24)11-9-16/h3-14H,1-2H3,(H,27,30)(H,28,31). The topological polar surface area (TPSA) is 88.9 Å². The Morgan fingerprint density at radius 3 is 2.32 bits per heavy atom. The van der Waals surface area contributed by atoms with Gasteiger partial charge in [-0.1, -0.05) is 41.9 Å². The third kappa shape index (κ3) is 4.27. The molecule has 7 nitrogen and oxygen atoms in total. The first-order valence-electron chi connectivity index (χ1n) is 9.74. The van der Waals surface area contributed by atoms with Crippen molar-refractivity contribution < 1.29 is 9.59 Å². The van der Waals surface area contributed by atoms with E-state index in [9.17, 15) is 9.59 Å². The molecule has 0 atom stereocenters. The van der Waals surface area contributed by atoms with Crippen LogP contribution in [0.2, 0.25) is 5.02 Å². The van der Waals surface area contributed by atoms with Crippen LogP contribution in [0.1, 0.15) is 40.6 Å². The van der Waals surface area contributed by atoms with Crippen LogP contribution in [0.3, 0.4) is 0 Å². The number of halogens is 1. The Kier molecular flexibility index (Phi) is 5.68. The third-order valence-electron chi connectivity index (χ3n) is 4.77. The summed E-state index contributed by atoms with van der Waals surface area (Å²) in [5.74, 6) is -0.910. The van der Waals surface area contributed by atoms with Crippen molar-refractivity contribution in [3.63, 3.8) is 0 Å². The van der Waals surface area contributed by atoms with Crippen molar-refractivity contribution in [2.24, 2.45) is 0 Å². The van der Waals surface area contributed by atoms with Gasteiger partial charge in [0.05, 0.1) is 22.8 Å². The van der Waals surface area contributed by atoms with E-state index in [1.807, 2.05) is 44.2 Å². The number of pyridine rings is 1. The quantitative estimate of drug-likeness (QED) is 0.466. The van der Waals surface area contributed by atoms with E-state index in [1.54, 1.807) is 41.2 Å². The molecule has 0 saturated carbocycles. The molecule has 2 aromatic heterocycles. The lowest BCUT2D eigenvalue weighted by Crippen LogP contribution is -2.41. The van der Waals surface area contributed by atoms with Crippen molar-refractivity contribution >= 4 is 34.4 Å². The molecule has 0 aliphatic heterocycles. The summed E-state index contributed by atoms with van der Waals surface area (Å²) in [6.07, 6.45) is 1.62. The molecule has 0 fully saturated rings. The molecule has 2 N–H and O–H groups in total. The molecule has 4 rings (SSSR count). The van der Waals surface area contributed by atoms with Gasteiger partial charge in [0.1, 0.15) is 0 Å². The molecule has 156 valence electrons. The van der Waals surface area contributed by atoms with Crippen molar-refractivity contribution in [2.45, 2.75) is 19.9 Å². The fourth-order valence-electron chi connectivity index (χ4n) is 3.19. The van der Waals surface area contributed by atoms with Gasteiger partial charge in [-0.05, 0) is 44.2 Å². The Morgan fingerprint density at radius 2 is 1.65 bits per heavy atom.